The third-order valence-electron chi connectivity index (χ3n) is 4.72. The van der Waals surface area contributed by atoms with Crippen LogP contribution in [0.5, 0.6) is 0 Å². The van der Waals surface area contributed by atoms with Crippen molar-refractivity contribution in [2.75, 3.05) is 13.7 Å². The maximum Gasteiger partial charge on any atom is 0.328 e. The Labute approximate surface area is 163 Å². The second kappa shape index (κ2) is 9.28. The molecule has 1 aliphatic heterocycles. The molecule has 146 valence electrons. The van der Waals surface area contributed by atoms with Crippen molar-refractivity contribution in [2.24, 2.45) is 0 Å². The van der Waals surface area contributed by atoms with E-state index in [0.29, 0.717) is 24.2 Å². The molecule has 0 spiro atoms. The van der Waals surface area contributed by atoms with Crippen LogP contribution in [0.2, 0.25) is 0 Å². The largest absolute Gasteiger partial charge is 0.467 e. The number of benzene rings is 2. The van der Waals surface area contributed by atoms with Gasteiger partial charge in [0.25, 0.3) is 0 Å². The highest BCUT2D eigenvalue weighted by atomic mass is 16.5. The minimum absolute atomic E-state index is 0.0663. The normalized spacial score (nSPS) is 17.0. The standard InChI is InChI=1S/C22H23NO5/c1-27-22(26)18(23-21(25)19-8-5-13-28-19)14-15-9-11-17(12-10-15)20(24)16-6-3-2-4-7-16/h2-4,6-7,9-12,18-19H,5,8,13-14H2,1H3,(H,23,25)/t18-,19-/m0/s1. The van der Waals surface area contributed by atoms with E-state index in [2.05, 4.69) is 5.32 Å². The first-order chi connectivity index (χ1) is 13.6. The molecule has 1 fully saturated rings. The van der Waals surface area contributed by atoms with Gasteiger partial charge < -0.3 is 14.8 Å². The molecule has 0 radical (unpaired) electrons. The fourth-order valence-electron chi connectivity index (χ4n) is 3.17. The fourth-order valence-corrected chi connectivity index (χ4v) is 3.17. The number of amides is 1. The van der Waals surface area contributed by atoms with Crippen molar-refractivity contribution in [3.8, 4) is 0 Å². The second-order valence-electron chi connectivity index (χ2n) is 6.68. The summed E-state index contributed by atoms with van der Waals surface area (Å²) in [5.74, 6) is -0.886. The first-order valence-electron chi connectivity index (χ1n) is 9.27. The van der Waals surface area contributed by atoms with Gasteiger partial charge in [0.2, 0.25) is 5.91 Å². The Morgan fingerprint density at radius 2 is 1.75 bits per heavy atom. The highest BCUT2D eigenvalue weighted by Crippen LogP contribution is 2.15. The zero-order chi connectivity index (χ0) is 19.9. The van der Waals surface area contributed by atoms with Crippen molar-refractivity contribution in [1.82, 2.24) is 5.32 Å². The van der Waals surface area contributed by atoms with E-state index in [1.165, 1.54) is 7.11 Å². The Bertz CT molecular complexity index is 826. The zero-order valence-electron chi connectivity index (χ0n) is 15.7. The minimum Gasteiger partial charge on any atom is -0.467 e. The van der Waals surface area contributed by atoms with E-state index in [0.717, 1.165) is 12.0 Å². The van der Waals surface area contributed by atoms with Crippen LogP contribution < -0.4 is 5.32 Å². The predicted octanol–water partition coefficient (Wildman–Crippen LogP) is 2.30. The van der Waals surface area contributed by atoms with Gasteiger partial charge in [-0.05, 0) is 18.4 Å². The van der Waals surface area contributed by atoms with Crippen LogP contribution in [-0.2, 0) is 25.5 Å². The SMILES string of the molecule is COC(=O)[C@H](Cc1ccc(C(=O)c2ccccc2)cc1)NC(=O)[C@@H]1CCCO1. The molecule has 0 saturated carbocycles. The Morgan fingerprint density at radius 3 is 2.36 bits per heavy atom. The summed E-state index contributed by atoms with van der Waals surface area (Å²) in [7, 11) is 1.29. The highest BCUT2D eigenvalue weighted by Gasteiger charge is 2.29. The molecular formula is C22H23NO5. The monoisotopic (exact) mass is 381 g/mol. The molecule has 6 nitrogen and oxygen atoms in total. The molecule has 3 rings (SSSR count). The number of carbonyl (C=O) groups excluding carboxylic acids is 3. The van der Waals surface area contributed by atoms with Crippen LogP contribution in [0.25, 0.3) is 0 Å². The Balaban J connectivity index is 1.67. The van der Waals surface area contributed by atoms with Gasteiger partial charge in [0.05, 0.1) is 7.11 Å². The molecule has 2 aromatic rings. The maximum atomic E-state index is 12.5. The number of nitrogens with one attached hydrogen (secondary N) is 1. The van der Waals surface area contributed by atoms with E-state index < -0.39 is 18.1 Å². The molecule has 1 heterocycles. The van der Waals surface area contributed by atoms with Crippen molar-refractivity contribution in [3.63, 3.8) is 0 Å². The highest BCUT2D eigenvalue weighted by molar-refractivity contribution is 6.08. The molecule has 0 bridgehead atoms. The topological polar surface area (TPSA) is 81.7 Å². The average molecular weight is 381 g/mol. The lowest BCUT2D eigenvalue weighted by atomic mass is 9.99. The van der Waals surface area contributed by atoms with Crippen LogP contribution >= 0.6 is 0 Å². The number of hydrogen-bond acceptors (Lipinski definition) is 5. The van der Waals surface area contributed by atoms with Crippen LogP contribution in [0.3, 0.4) is 0 Å². The predicted molar refractivity (Wildman–Crippen MR) is 103 cm³/mol. The average Bonchev–Trinajstić information content (AvgIpc) is 3.28. The third-order valence-corrected chi connectivity index (χ3v) is 4.72. The van der Waals surface area contributed by atoms with Gasteiger partial charge in [0.15, 0.2) is 5.78 Å². The summed E-state index contributed by atoms with van der Waals surface area (Å²) < 4.78 is 10.2. The van der Waals surface area contributed by atoms with Crippen LogP contribution in [0, 0.1) is 0 Å². The molecule has 1 aliphatic rings. The summed E-state index contributed by atoms with van der Waals surface area (Å²) in [6.45, 7) is 0.553. The second-order valence-corrected chi connectivity index (χ2v) is 6.68. The van der Waals surface area contributed by atoms with Crippen molar-refractivity contribution in [2.45, 2.75) is 31.4 Å². The van der Waals surface area contributed by atoms with Gasteiger partial charge in [0.1, 0.15) is 12.1 Å². The maximum absolute atomic E-state index is 12.5. The van der Waals surface area contributed by atoms with Crippen molar-refractivity contribution >= 4 is 17.7 Å². The van der Waals surface area contributed by atoms with Crippen molar-refractivity contribution < 1.29 is 23.9 Å². The molecule has 1 saturated heterocycles. The molecule has 1 amide bonds. The van der Waals surface area contributed by atoms with E-state index in [9.17, 15) is 14.4 Å². The van der Waals surface area contributed by atoms with Crippen molar-refractivity contribution in [3.05, 3.63) is 71.3 Å². The summed E-state index contributed by atoms with van der Waals surface area (Å²) in [6, 6.07) is 15.2. The van der Waals surface area contributed by atoms with Gasteiger partial charge in [-0.2, -0.15) is 0 Å². The molecule has 6 heteroatoms. The van der Waals surface area contributed by atoms with Crippen LogP contribution in [0.4, 0.5) is 0 Å². The molecule has 0 unspecified atom stereocenters. The van der Waals surface area contributed by atoms with Crippen LogP contribution in [0.15, 0.2) is 54.6 Å². The van der Waals surface area contributed by atoms with Crippen molar-refractivity contribution in [1.29, 1.82) is 0 Å². The molecule has 2 atom stereocenters. The first kappa shape index (κ1) is 19.8. The quantitative estimate of drug-likeness (QED) is 0.588. The number of hydrogen-bond donors (Lipinski definition) is 1. The van der Waals surface area contributed by atoms with Gasteiger partial charge in [-0.3, -0.25) is 9.59 Å². The lowest BCUT2D eigenvalue weighted by molar-refractivity contribution is -0.146. The van der Waals surface area contributed by atoms with E-state index >= 15 is 0 Å². The van der Waals surface area contributed by atoms with Crippen LogP contribution in [-0.4, -0.2) is 43.5 Å². The van der Waals surface area contributed by atoms with E-state index in [1.54, 1.807) is 36.4 Å². The third kappa shape index (κ3) is 4.84. The zero-order valence-corrected chi connectivity index (χ0v) is 15.7. The van der Waals surface area contributed by atoms with Crippen LogP contribution in [0.1, 0.15) is 34.3 Å². The number of ketones is 1. The summed E-state index contributed by atoms with van der Waals surface area (Å²) in [5, 5.41) is 2.72. The summed E-state index contributed by atoms with van der Waals surface area (Å²) in [4.78, 5) is 36.9. The Morgan fingerprint density at radius 1 is 1.07 bits per heavy atom. The molecule has 28 heavy (non-hydrogen) atoms. The number of ether oxygens (including phenoxy) is 2. The first-order valence-corrected chi connectivity index (χ1v) is 9.27. The molecular weight excluding hydrogens is 358 g/mol. The lowest BCUT2D eigenvalue weighted by Crippen LogP contribution is -2.47. The lowest BCUT2D eigenvalue weighted by Gasteiger charge is -2.19. The van der Waals surface area contributed by atoms with E-state index in [-0.39, 0.29) is 18.1 Å². The Kier molecular flexibility index (Phi) is 6.55. The molecule has 1 N–H and O–H groups in total. The van der Waals surface area contributed by atoms with Gasteiger partial charge in [-0.25, -0.2) is 4.79 Å². The van der Waals surface area contributed by atoms with Gasteiger partial charge >= 0.3 is 5.97 Å². The summed E-state index contributed by atoms with van der Waals surface area (Å²) in [6.07, 6.45) is 1.23. The fraction of sp³-hybridized carbons (Fsp3) is 0.318. The van der Waals surface area contributed by atoms with Gasteiger partial charge in [-0.1, -0.05) is 54.6 Å². The Hall–Kier alpha value is -2.99. The number of esters is 1. The number of methoxy groups -OCH3 is 1. The molecule has 2 aromatic carbocycles. The number of carbonyl (C=O) groups is 3. The van der Waals surface area contributed by atoms with E-state index in [1.807, 2.05) is 18.2 Å². The summed E-state index contributed by atoms with van der Waals surface area (Å²) >= 11 is 0. The van der Waals surface area contributed by atoms with E-state index in [4.69, 9.17) is 9.47 Å². The summed E-state index contributed by atoms with van der Waals surface area (Å²) in [5.41, 5.74) is 1.99. The molecule has 0 aliphatic carbocycles. The molecule has 0 aromatic heterocycles. The minimum atomic E-state index is -0.808. The number of rotatable bonds is 7. The van der Waals surface area contributed by atoms with Gasteiger partial charge in [0, 0.05) is 24.2 Å². The van der Waals surface area contributed by atoms with Gasteiger partial charge in [-0.15, -0.1) is 0 Å². The smallest absolute Gasteiger partial charge is 0.328 e.